The van der Waals surface area contributed by atoms with E-state index >= 15 is 0 Å². The molecule has 0 saturated carbocycles. The minimum absolute atomic E-state index is 0.136. The molecule has 0 aromatic heterocycles. The number of sulfonamides is 1. The number of rotatable bonds is 7. The smallest absolute Gasteiger partial charge is 0.416 e. The van der Waals surface area contributed by atoms with Crippen LogP contribution < -0.4 is 10.0 Å². The van der Waals surface area contributed by atoms with Gasteiger partial charge in [0.25, 0.3) is 15.9 Å². The summed E-state index contributed by atoms with van der Waals surface area (Å²) in [6.07, 6.45) is -4.73. The Balaban J connectivity index is 1.72. The van der Waals surface area contributed by atoms with E-state index in [2.05, 4.69) is 5.32 Å². The lowest BCUT2D eigenvalue weighted by molar-refractivity contribution is -0.137. The number of alkyl halides is 3. The number of carbonyl (C=O) groups is 2. The van der Waals surface area contributed by atoms with Crippen molar-refractivity contribution in [1.29, 1.82) is 0 Å². The summed E-state index contributed by atoms with van der Waals surface area (Å²) in [4.78, 5) is 24.2. The Labute approximate surface area is 224 Å². The maximum atomic E-state index is 13.0. The van der Waals surface area contributed by atoms with Crippen molar-refractivity contribution in [1.82, 2.24) is 0 Å². The molecule has 2 N–H and O–H groups in total. The summed E-state index contributed by atoms with van der Waals surface area (Å²) in [5.74, 6) is -1.79. The summed E-state index contributed by atoms with van der Waals surface area (Å²) in [6.45, 7) is 0.958. The van der Waals surface area contributed by atoms with Crippen molar-refractivity contribution in [3.8, 4) is 0 Å². The van der Waals surface area contributed by atoms with Crippen molar-refractivity contribution in [3.63, 3.8) is 0 Å². The molecule has 0 aliphatic heterocycles. The highest BCUT2D eigenvalue weighted by molar-refractivity contribution is 7.92. The predicted molar refractivity (Wildman–Crippen MR) is 134 cm³/mol. The fraction of sp³-hybridized carbons (Fsp3) is 0.130. The quantitative estimate of drug-likeness (QED) is 0.301. The molecular formula is C23H16Cl3F3N2O5S. The number of halogens is 6. The molecule has 0 spiro atoms. The van der Waals surface area contributed by atoms with E-state index < -0.39 is 50.8 Å². The molecule has 0 unspecified atom stereocenters. The van der Waals surface area contributed by atoms with Crippen molar-refractivity contribution in [2.45, 2.75) is 18.0 Å². The average molecular weight is 596 g/mol. The molecular weight excluding hydrogens is 580 g/mol. The van der Waals surface area contributed by atoms with Gasteiger partial charge >= 0.3 is 12.1 Å². The first kappa shape index (κ1) is 28.6. The van der Waals surface area contributed by atoms with E-state index in [1.807, 2.05) is 4.72 Å². The van der Waals surface area contributed by atoms with E-state index in [1.165, 1.54) is 18.2 Å². The van der Waals surface area contributed by atoms with Crippen LogP contribution in [0, 0.1) is 6.92 Å². The zero-order chi connectivity index (χ0) is 27.5. The Bertz CT molecular complexity index is 1480. The fourth-order valence-corrected chi connectivity index (χ4v) is 4.74. The minimum atomic E-state index is -4.73. The van der Waals surface area contributed by atoms with E-state index in [0.29, 0.717) is 17.7 Å². The first-order chi connectivity index (χ1) is 17.2. The molecule has 0 fully saturated rings. The SMILES string of the molecule is Cc1ccc(Cl)c(NC(=O)COC(=O)c2cccc(S(=O)(=O)Nc3cc(C(F)(F)F)ccc3Cl)c2)c1Cl. The predicted octanol–water partition coefficient (Wildman–Crippen LogP) is 6.57. The maximum Gasteiger partial charge on any atom is 0.416 e. The maximum absolute atomic E-state index is 13.0. The van der Waals surface area contributed by atoms with Gasteiger partial charge in [0.15, 0.2) is 6.61 Å². The van der Waals surface area contributed by atoms with Gasteiger partial charge in [0.1, 0.15) is 0 Å². The van der Waals surface area contributed by atoms with Gasteiger partial charge in [-0.05, 0) is 55.0 Å². The van der Waals surface area contributed by atoms with Crippen LogP contribution in [0.25, 0.3) is 0 Å². The second-order valence-electron chi connectivity index (χ2n) is 7.50. The standard InChI is InChI=1S/C23H16Cl3F3N2O5S/c1-12-5-7-17(25)21(20(12)26)30-19(32)11-36-22(33)13-3-2-4-15(9-13)37(34,35)31-18-10-14(23(27,28)29)6-8-16(18)24/h2-10,31H,11H2,1H3,(H,30,32). The van der Waals surface area contributed by atoms with Crippen molar-refractivity contribution in [2.75, 3.05) is 16.6 Å². The lowest BCUT2D eigenvalue weighted by Crippen LogP contribution is -2.21. The van der Waals surface area contributed by atoms with Gasteiger partial charge in [-0.25, -0.2) is 13.2 Å². The third kappa shape index (κ3) is 7.07. The number of hydrogen-bond donors (Lipinski definition) is 2. The molecule has 0 saturated heterocycles. The van der Waals surface area contributed by atoms with Gasteiger partial charge < -0.3 is 10.1 Å². The lowest BCUT2D eigenvalue weighted by atomic mass is 10.2. The Hall–Kier alpha value is -2.99. The Morgan fingerprint density at radius 3 is 2.32 bits per heavy atom. The Kier molecular flexibility index (Phi) is 8.63. The van der Waals surface area contributed by atoms with Gasteiger partial charge in [0.05, 0.1) is 42.5 Å². The van der Waals surface area contributed by atoms with Crippen LogP contribution in [0.1, 0.15) is 21.5 Å². The number of esters is 1. The van der Waals surface area contributed by atoms with Crippen molar-refractivity contribution in [2.24, 2.45) is 0 Å². The number of benzene rings is 3. The van der Waals surface area contributed by atoms with E-state index in [4.69, 9.17) is 39.5 Å². The van der Waals surface area contributed by atoms with Gasteiger partial charge in [-0.1, -0.05) is 46.9 Å². The summed E-state index contributed by atoms with van der Waals surface area (Å²) in [5, 5.41) is 2.53. The van der Waals surface area contributed by atoms with Crippen LogP contribution in [0.3, 0.4) is 0 Å². The molecule has 3 aromatic carbocycles. The molecule has 14 heteroatoms. The number of ether oxygens (including phenoxy) is 1. The third-order valence-electron chi connectivity index (χ3n) is 4.80. The van der Waals surface area contributed by atoms with Crippen LogP contribution in [0.2, 0.25) is 15.1 Å². The summed E-state index contributed by atoms with van der Waals surface area (Å²) in [7, 11) is -4.46. The normalized spacial score (nSPS) is 11.6. The molecule has 196 valence electrons. The van der Waals surface area contributed by atoms with Crippen molar-refractivity contribution in [3.05, 3.63) is 86.4 Å². The highest BCUT2D eigenvalue weighted by Gasteiger charge is 2.31. The molecule has 0 atom stereocenters. The van der Waals surface area contributed by atoms with Crippen molar-refractivity contribution >= 4 is 68.1 Å². The van der Waals surface area contributed by atoms with Gasteiger partial charge in [-0.2, -0.15) is 13.2 Å². The van der Waals surface area contributed by atoms with E-state index in [0.717, 1.165) is 18.2 Å². The van der Waals surface area contributed by atoms with E-state index in [-0.39, 0.29) is 26.3 Å². The van der Waals surface area contributed by atoms with Crippen LogP contribution >= 0.6 is 34.8 Å². The van der Waals surface area contributed by atoms with E-state index in [1.54, 1.807) is 13.0 Å². The minimum Gasteiger partial charge on any atom is -0.452 e. The van der Waals surface area contributed by atoms with Crippen LogP contribution in [0.4, 0.5) is 24.5 Å². The highest BCUT2D eigenvalue weighted by Crippen LogP contribution is 2.35. The number of anilines is 2. The van der Waals surface area contributed by atoms with Gasteiger partial charge in [-0.15, -0.1) is 0 Å². The van der Waals surface area contributed by atoms with Gasteiger partial charge in [0, 0.05) is 0 Å². The summed E-state index contributed by atoms with van der Waals surface area (Å²) >= 11 is 18.0. The third-order valence-corrected chi connectivity index (χ3v) is 7.30. The lowest BCUT2D eigenvalue weighted by Gasteiger charge is -2.13. The second-order valence-corrected chi connectivity index (χ2v) is 10.4. The number of aryl methyl sites for hydroxylation is 1. The second kappa shape index (κ2) is 11.2. The molecule has 7 nitrogen and oxygen atoms in total. The summed E-state index contributed by atoms with van der Waals surface area (Å²) < 4.78 is 71.4. The van der Waals surface area contributed by atoms with Crippen LogP contribution in [-0.4, -0.2) is 26.9 Å². The molecule has 3 rings (SSSR count). The summed E-state index contributed by atoms with van der Waals surface area (Å²) in [5.41, 5.74) is -1.07. The van der Waals surface area contributed by atoms with E-state index in [9.17, 15) is 31.2 Å². The molecule has 0 aliphatic carbocycles. The Morgan fingerprint density at radius 1 is 0.973 bits per heavy atom. The number of nitrogens with one attached hydrogen (secondary N) is 2. The average Bonchev–Trinajstić information content (AvgIpc) is 2.83. The number of carbonyl (C=O) groups excluding carboxylic acids is 2. The topological polar surface area (TPSA) is 102 Å². The van der Waals surface area contributed by atoms with Crippen molar-refractivity contribution < 1.29 is 35.9 Å². The Morgan fingerprint density at radius 2 is 1.65 bits per heavy atom. The first-order valence-electron chi connectivity index (χ1n) is 10.1. The van der Waals surface area contributed by atoms with Crippen LogP contribution in [0.5, 0.6) is 0 Å². The van der Waals surface area contributed by atoms with Crippen LogP contribution in [0.15, 0.2) is 59.5 Å². The molecule has 0 bridgehead atoms. The monoisotopic (exact) mass is 594 g/mol. The largest absolute Gasteiger partial charge is 0.452 e. The van der Waals surface area contributed by atoms with Gasteiger partial charge in [-0.3, -0.25) is 9.52 Å². The first-order valence-corrected chi connectivity index (χ1v) is 12.7. The number of amides is 1. The summed E-state index contributed by atoms with van der Waals surface area (Å²) in [6, 6.07) is 9.80. The molecule has 3 aromatic rings. The zero-order valence-corrected chi connectivity index (χ0v) is 21.7. The fourth-order valence-electron chi connectivity index (χ4n) is 2.93. The molecule has 37 heavy (non-hydrogen) atoms. The van der Waals surface area contributed by atoms with Crippen LogP contribution in [-0.2, 0) is 25.7 Å². The molecule has 1 amide bonds. The highest BCUT2D eigenvalue weighted by atomic mass is 35.5. The molecule has 0 aliphatic rings. The van der Waals surface area contributed by atoms with Gasteiger partial charge in [0.2, 0.25) is 0 Å². The molecule has 0 radical (unpaired) electrons. The number of hydrogen-bond acceptors (Lipinski definition) is 5. The zero-order valence-electron chi connectivity index (χ0n) is 18.6. The molecule has 0 heterocycles.